The second-order valence-corrected chi connectivity index (χ2v) is 10.9. The molecule has 4 aliphatic heterocycles. The molecule has 18 atom stereocenters. The zero-order valence-corrected chi connectivity index (χ0v) is 22.7. The third-order valence-electron chi connectivity index (χ3n) is 8.00. The van der Waals surface area contributed by atoms with E-state index < -0.39 is 130 Å². The minimum absolute atomic E-state index is 0.0687. The van der Waals surface area contributed by atoms with E-state index in [4.69, 9.17) is 33.2 Å². The molecule has 0 aromatic rings. The molecule has 4 fully saturated rings. The summed E-state index contributed by atoms with van der Waals surface area (Å²) in [5.41, 5.74) is 0. The molecular weight excluding hydrogens is 576 g/mol. The van der Waals surface area contributed by atoms with Gasteiger partial charge in [0.1, 0.15) is 79.4 Å². The van der Waals surface area contributed by atoms with E-state index in [1.807, 2.05) is 0 Å². The van der Waals surface area contributed by atoms with Gasteiger partial charge in [0.2, 0.25) is 0 Å². The van der Waals surface area contributed by atoms with Crippen molar-refractivity contribution < 1.29 is 89.3 Å². The first kappa shape index (κ1) is 34.2. The monoisotopic (exact) mass is 618 g/mol. The van der Waals surface area contributed by atoms with E-state index in [1.165, 1.54) is 6.92 Å². The first-order valence-electron chi connectivity index (χ1n) is 13.7. The summed E-state index contributed by atoms with van der Waals surface area (Å²) in [7, 11) is 0. The maximum absolute atomic E-state index is 10.6. The second-order valence-electron chi connectivity index (χ2n) is 10.9. The van der Waals surface area contributed by atoms with Crippen LogP contribution in [0.1, 0.15) is 13.3 Å². The summed E-state index contributed by atoms with van der Waals surface area (Å²) < 4.78 is 39.1. The first-order valence-corrected chi connectivity index (χ1v) is 13.7. The quantitative estimate of drug-likeness (QED) is 0.114. The number of aliphatic hydroxyl groups is 11. The molecule has 4 heterocycles. The molecule has 0 radical (unpaired) electrons. The van der Waals surface area contributed by atoms with Gasteiger partial charge in [0.25, 0.3) is 0 Å². The van der Waals surface area contributed by atoms with Crippen molar-refractivity contribution in [3.63, 3.8) is 0 Å². The lowest BCUT2D eigenvalue weighted by atomic mass is 9.97. The molecule has 0 aromatic carbocycles. The Bertz CT molecular complexity index is 837. The number of hydrogen-bond acceptors (Lipinski definition) is 18. The summed E-state index contributed by atoms with van der Waals surface area (Å²) in [6.45, 7) is -0.298. The fourth-order valence-electron chi connectivity index (χ4n) is 5.33. The minimum atomic E-state index is -1.80. The Kier molecular flexibility index (Phi) is 11.9. The third-order valence-corrected chi connectivity index (χ3v) is 8.00. The largest absolute Gasteiger partial charge is 0.394 e. The van der Waals surface area contributed by atoms with Crippen molar-refractivity contribution in [1.29, 1.82) is 0 Å². The summed E-state index contributed by atoms with van der Waals surface area (Å²) in [6, 6.07) is 0. The fraction of sp³-hybridized carbons (Fsp3) is 1.00. The molecule has 18 heteroatoms. The molecule has 18 unspecified atom stereocenters. The van der Waals surface area contributed by atoms with Gasteiger partial charge in [-0.3, -0.25) is 0 Å². The lowest BCUT2D eigenvalue weighted by molar-refractivity contribution is -0.359. The molecular formula is C24H42O18. The normalized spacial score (nSPS) is 52.3. The highest BCUT2D eigenvalue weighted by atomic mass is 16.8. The van der Waals surface area contributed by atoms with Crippen molar-refractivity contribution in [1.82, 2.24) is 0 Å². The van der Waals surface area contributed by atoms with E-state index in [2.05, 4.69) is 0 Å². The Balaban J connectivity index is 1.43. The second kappa shape index (κ2) is 14.6. The zero-order chi connectivity index (χ0) is 30.9. The van der Waals surface area contributed by atoms with Gasteiger partial charge in [-0.2, -0.15) is 0 Å². The van der Waals surface area contributed by atoms with Gasteiger partial charge >= 0.3 is 0 Å². The lowest BCUT2D eigenvalue weighted by Crippen LogP contribution is -2.63. The predicted molar refractivity (Wildman–Crippen MR) is 130 cm³/mol. The number of aliphatic hydroxyl groups excluding tert-OH is 11. The molecule has 4 saturated heterocycles. The highest BCUT2D eigenvalue weighted by Crippen LogP contribution is 2.32. The van der Waals surface area contributed by atoms with Gasteiger partial charge in [-0.25, -0.2) is 0 Å². The molecule has 11 N–H and O–H groups in total. The van der Waals surface area contributed by atoms with Gasteiger partial charge in [-0.05, 0) is 13.3 Å². The van der Waals surface area contributed by atoms with Gasteiger partial charge in [0.05, 0.1) is 32.0 Å². The van der Waals surface area contributed by atoms with Crippen LogP contribution in [0, 0.1) is 0 Å². The Hall–Kier alpha value is -0.720. The van der Waals surface area contributed by atoms with E-state index in [0.29, 0.717) is 0 Å². The standard InChI is InChI=1S/C24H42O18/c1-7-12(27)15(30)19(34)23(38-7)42-21-8(2-3-36-10(21)5-26)39-24-20(35)17(32)14(29)11(41-24)6-37-22-18(33)16(31)13(28)9(4-25)40-22/h7-35H,2-6H2,1H3. The molecule has 4 aliphatic rings. The molecule has 246 valence electrons. The van der Waals surface area contributed by atoms with Gasteiger partial charge in [0.15, 0.2) is 18.9 Å². The van der Waals surface area contributed by atoms with Crippen molar-refractivity contribution in [2.24, 2.45) is 0 Å². The topological polar surface area (TPSA) is 287 Å². The number of ether oxygens (including phenoxy) is 7. The lowest BCUT2D eigenvalue weighted by Gasteiger charge is -2.46. The number of rotatable bonds is 9. The highest BCUT2D eigenvalue weighted by molar-refractivity contribution is 4.94. The van der Waals surface area contributed by atoms with Gasteiger partial charge < -0.3 is 89.3 Å². The molecule has 0 aliphatic carbocycles. The van der Waals surface area contributed by atoms with E-state index in [0.717, 1.165) is 0 Å². The van der Waals surface area contributed by atoms with Crippen LogP contribution in [-0.4, -0.2) is 193 Å². The van der Waals surface area contributed by atoms with Crippen LogP contribution < -0.4 is 0 Å². The van der Waals surface area contributed by atoms with Crippen LogP contribution in [0.25, 0.3) is 0 Å². The Morgan fingerprint density at radius 3 is 1.71 bits per heavy atom. The van der Waals surface area contributed by atoms with E-state index in [9.17, 15) is 56.2 Å². The molecule has 18 nitrogen and oxygen atoms in total. The van der Waals surface area contributed by atoms with Gasteiger partial charge in [-0.15, -0.1) is 0 Å². The fourth-order valence-corrected chi connectivity index (χ4v) is 5.33. The molecule has 0 aromatic heterocycles. The summed E-state index contributed by atoms with van der Waals surface area (Å²) in [4.78, 5) is 0. The summed E-state index contributed by atoms with van der Waals surface area (Å²) in [5, 5.41) is 111. The van der Waals surface area contributed by atoms with Crippen LogP contribution in [0.15, 0.2) is 0 Å². The Labute approximate surface area is 240 Å². The van der Waals surface area contributed by atoms with Crippen molar-refractivity contribution in [2.75, 3.05) is 26.4 Å². The third kappa shape index (κ3) is 7.06. The van der Waals surface area contributed by atoms with E-state index >= 15 is 0 Å². The molecule has 42 heavy (non-hydrogen) atoms. The van der Waals surface area contributed by atoms with Crippen LogP contribution in [0.2, 0.25) is 0 Å². The maximum atomic E-state index is 10.6. The smallest absolute Gasteiger partial charge is 0.187 e. The van der Waals surface area contributed by atoms with Crippen LogP contribution in [0.3, 0.4) is 0 Å². The molecule has 0 amide bonds. The molecule has 0 spiro atoms. The first-order chi connectivity index (χ1) is 19.9. The SMILES string of the molecule is CC1OC(OC2C(CO)OCCC2OC2OC(COC3OC(CO)C(O)C(O)C3O)C(O)C(O)C2O)C(O)C(O)C1O. The zero-order valence-electron chi connectivity index (χ0n) is 22.7. The predicted octanol–water partition coefficient (Wildman–Crippen LogP) is -7.01. The molecule has 0 bridgehead atoms. The van der Waals surface area contributed by atoms with E-state index in [1.54, 1.807) is 0 Å². The average molecular weight is 619 g/mol. The van der Waals surface area contributed by atoms with Crippen molar-refractivity contribution in [3.8, 4) is 0 Å². The number of hydrogen-bond donors (Lipinski definition) is 11. The van der Waals surface area contributed by atoms with Crippen molar-refractivity contribution in [3.05, 3.63) is 0 Å². The van der Waals surface area contributed by atoms with Crippen LogP contribution in [-0.2, 0) is 33.2 Å². The summed E-state index contributed by atoms with van der Waals surface area (Å²) in [6.07, 6.45) is -26.3. The molecule has 0 saturated carbocycles. The Morgan fingerprint density at radius 1 is 0.571 bits per heavy atom. The van der Waals surface area contributed by atoms with Crippen LogP contribution in [0.5, 0.6) is 0 Å². The summed E-state index contributed by atoms with van der Waals surface area (Å²) >= 11 is 0. The summed E-state index contributed by atoms with van der Waals surface area (Å²) in [5.74, 6) is 0. The average Bonchev–Trinajstić information content (AvgIpc) is 2.98. The highest BCUT2D eigenvalue weighted by Gasteiger charge is 2.50. The van der Waals surface area contributed by atoms with Crippen molar-refractivity contribution in [2.45, 2.75) is 124 Å². The van der Waals surface area contributed by atoms with E-state index in [-0.39, 0.29) is 13.0 Å². The molecule has 4 rings (SSSR count). The van der Waals surface area contributed by atoms with Gasteiger partial charge in [0, 0.05) is 6.61 Å². The maximum Gasteiger partial charge on any atom is 0.187 e. The van der Waals surface area contributed by atoms with Crippen LogP contribution >= 0.6 is 0 Å². The minimum Gasteiger partial charge on any atom is -0.394 e. The Morgan fingerprint density at radius 2 is 1.10 bits per heavy atom. The van der Waals surface area contributed by atoms with Crippen LogP contribution in [0.4, 0.5) is 0 Å². The van der Waals surface area contributed by atoms with Crippen molar-refractivity contribution >= 4 is 0 Å². The van der Waals surface area contributed by atoms with Gasteiger partial charge in [-0.1, -0.05) is 0 Å².